The monoisotopic (exact) mass is 264 g/mol. The Morgan fingerprint density at radius 2 is 2.38 bits per heavy atom. The van der Waals surface area contributed by atoms with E-state index in [9.17, 15) is 4.79 Å². The van der Waals surface area contributed by atoms with Crippen molar-refractivity contribution in [2.24, 2.45) is 0 Å². The van der Waals surface area contributed by atoms with Gasteiger partial charge in [-0.3, -0.25) is 4.79 Å². The van der Waals surface area contributed by atoms with Crippen LogP contribution in [0.1, 0.15) is 13.8 Å². The molecule has 0 fully saturated rings. The van der Waals surface area contributed by atoms with Crippen molar-refractivity contribution in [3.8, 4) is 0 Å². The van der Waals surface area contributed by atoms with E-state index in [0.717, 1.165) is 5.57 Å². The second-order valence-electron chi connectivity index (χ2n) is 2.92. The highest BCUT2D eigenvalue weighted by molar-refractivity contribution is 9.10. The van der Waals surface area contributed by atoms with Gasteiger partial charge in [-0.25, -0.2) is 0 Å². The Hall–Kier alpha value is -0.280. The van der Waals surface area contributed by atoms with Gasteiger partial charge in [-0.05, 0) is 28.9 Å². The number of carbonyl (C=O) groups is 1. The van der Waals surface area contributed by atoms with Gasteiger partial charge in [-0.2, -0.15) is 0 Å². The van der Waals surface area contributed by atoms with E-state index in [1.807, 2.05) is 19.1 Å². The van der Waals surface area contributed by atoms with Gasteiger partial charge in [-0.1, -0.05) is 17.7 Å². The fourth-order valence-corrected chi connectivity index (χ4v) is 2.05. The average molecular weight is 266 g/mol. The fraction of sp³-hybridized carbons (Fsp3) is 0.444. The van der Waals surface area contributed by atoms with Crippen molar-refractivity contribution in [2.45, 2.75) is 23.7 Å². The molecule has 1 rings (SSSR count). The zero-order chi connectivity index (χ0) is 10.1. The summed E-state index contributed by atoms with van der Waals surface area (Å²) in [6.07, 6.45) is 5.42. The highest BCUT2D eigenvalue weighted by Gasteiger charge is 2.38. The first-order valence-corrected chi connectivity index (χ1v) is 5.07. The van der Waals surface area contributed by atoms with Gasteiger partial charge in [0, 0.05) is 6.92 Å². The molecule has 0 bridgehead atoms. The Kier molecular flexibility index (Phi) is 3.19. The summed E-state index contributed by atoms with van der Waals surface area (Å²) in [5, 5.41) is -0.360. The highest BCUT2D eigenvalue weighted by atomic mass is 79.9. The highest BCUT2D eigenvalue weighted by Crippen LogP contribution is 2.36. The van der Waals surface area contributed by atoms with Gasteiger partial charge in [0.1, 0.15) is 5.38 Å². The van der Waals surface area contributed by atoms with E-state index in [4.69, 9.17) is 16.3 Å². The molecular formula is C9H10BrClO2. The van der Waals surface area contributed by atoms with Crippen LogP contribution in [0.5, 0.6) is 0 Å². The summed E-state index contributed by atoms with van der Waals surface area (Å²) in [5.74, 6) is -0.359. The van der Waals surface area contributed by atoms with Crippen LogP contribution >= 0.6 is 27.5 Å². The van der Waals surface area contributed by atoms with Crippen LogP contribution in [0.3, 0.4) is 0 Å². The number of halogens is 2. The van der Waals surface area contributed by atoms with Crippen molar-refractivity contribution >= 4 is 33.5 Å². The minimum atomic E-state index is -0.890. The van der Waals surface area contributed by atoms with Crippen LogP contribution in [-0.2, 0) is 9.53 Å². The lowest BCUT2D eigenvalue weighted by atomic mass is 10.0. The summed E-state index contributed by atoms with van der Waals surface area (Å²) in [5.41, 5.74) is 0.960. The third-order valence-corrected chi connectivity index (χ3v) is 3.54. The first-order valence-electron chi connectivity index (χ1n) is 3.84. The molecule has 4 heteroatoms. The van der Waals surface area contributed by atoms with Crippen molar-refractivity contribution in [3.63, 3.8) is 0 Å². The maximum Gasteiger partial charge on any atom is 0.304 e. The Bertz CT molecular complexity index is 285. The Balaban J connectivity index is 2.86. The second-order valence-corrected chi connectivity index (χ2v) is 4.60. The standard InChI is InChI=1S/C9H10BrClO2/c1-6-4-3-5-9(10,8(6)11)13-7(2)12/h3-5,8H,1-2H3. The number of rotatable bonds is 1. The van der Waals surface area contributed by atoms with Gasteiger partial charge in [0.15, 0.2) is 0 Å². The van der Waals surface area contributed by atoms with Crippen molar-refractivity contribution in [2.75, 3.05) is 0 Å². The minimum Gasteiger partial charge on any atom is -0.442 e. The summed E-state index contributed by atoms with van der Waals surface area (Å²) in [4.78, 5) is 10.8. The number of hydrogen-bond acceptors (Lipinski definition) is 2. The summed E-state index contributed by atoms with van der Waals surface area (Å²) >= 11 is 9.37. The fourth-order valence-electron chi connectivity index (χ4n) is 1.12. The van der Waals surface area contributed by atoms with Gasteiger partial charge in [0.2, 0.25) is 4.51 Å². The van der Waals surface area contributed by atoms with E-state index < -0.39 is 4.51 Å². The Labute approximate surface area is 90.7 Å². The van der Waals surface area contributed by atoms with E-state index in [2.05, 4.69) is 15.9 Å². The van der Waals surface area contributed by atoms with Crippen LogP contribution in [0, 0.1) is 0 Å². The number of hydrogen-bond donors (Lipinski definition) is 0. The zero-order valence-electron chi connectivity index (χ0n) is 7.38. The lowest BCUT2D eigenvalue weighted by molar-refractivity contribution is -0.145. The molecule has 0 aromatic rings. The molecule has 0 aliphatic heterocycles. The maximum atomic E-state index is 10.8. The zero-order valence-corrected chi connectivity index (χ0v) is 9.72. The van der Waals surface area contributed by atoms with Crippen LogP contribution in [0.25, 0.3) is 0 Å². The molecule has 2 nitrogen and oxygen atoms in total. The quantitative estimate of drug-likeness (QED) is 0.538. The molecule has 0 spiro atoms. The van der Waals surface area contributed by atoms with Crippen LogP contribution < -0.4 is 0 Å². The van der Waals surface area contributed by atoms with Crippen molar-refractivity contribution in [3.05, 3.63) is 23.8 Å². The Morgan fingerprint density at radius 3 is 2.92 bits per heavy atom. The molecule has 1 aliphatic carbocycles. The minimum absolute atomic E-state index is 0.359. The molecule has 0 N–H and O–H groups in total. The second kappa shape index (κ2) is 3.84. The van der Waals surface area contributed by atoms with Crippen LogP contribution in [0.15, 0.2) is 23.8 Å². The van der Waals surface area contributed by atoms with Crippen molar-refractivity contribution in [1.82, 2.24) is 0 Å². The first-order chi connectivity index (χ1) is 5.96. The maximum absolute atomic E-state index is 10.8. The molecule has 0 radical (unpaired) electrons. The summed E-state index contributed by atoms with van der Waals surface area (Å²) in [7, 11) is 0. The average Bonchev–Trinajstić information content (AvgIpc) is 1.99. The van der Waals surface area contributed by atoms with Crippen LogP contribution in [0.4, 0.5) is 0 Å². The van der Waals surface area contributed by atoms with Crippen LogP contribution in [0.2, 0.25) is 0 Å². The largest absolute Gasteiger partial charge is 0.442 e. The molecule has 0 saturated heterocycles. The summed E-state index contributed by atoms with van der Waals surface area (Å²) in [6.45, 7) is 3.24. The molecule has 13 heavy (non-hydrogen) atoms. The number of allylic oxidation sites excluding steroid dienone is 2. The topological polar surface area (TPSA) is 26.3 Å². The molecule has 1 aliphatic rings. The molecule has 0 aromatic carbocycles. The number of esters is 1. The van der Waals surface area contributed by atoms with E-state index in [1.54, 1.807) is 6.08 Å². The van der Waals surface area contributed by atoms with Gasteiger partial charge < -0.3 is 4.74 Å². The van der Waals surface area contributed by atoms with E-state index >= 15 is 0 Å². The number of carbonyl (C=O) groups excluding carboxylic acids is 1. The first kappa shape index (κ1) is 10.8. The lowest BCUT2D eigenvalue weighted by Gasteiger charge is -2.31. The molecule has 0 saturated carbocycles. The molecule has 2 unspecified atom stereocenters. The molecule has 2 atom stereocenters. The predicted octanol–water partition coefficient (Wildman–Crippen LogP) is 2.76. The molecule has 0 amide bonds. The Morgan fingerprint density at radius 1 is 1.77 bits per heavy atom. The smallest absolute Gasteiger partial charge is 0.304 e. The molecular weight excluding hydrogens is 255 g/mol. The molecule has 72 valence electrons. The number of alkyl halides is 2. The van der Waals surface area contributed by atoms with Crippen molar-refractivity contribution < 1.29 is 9.53 Å². The normalized spacial score (nSPS) is 32.6. The molecule has 0 heterocycles. The molecule has 0 aromatic heterocycles. The van der Waals surface area contributed by atoms with Gasteiger partial charge in [0.25, 0.3) is 0 Å². The third-order valence-electron chi connectivity index (χ3n) is 1.73. The third kappa shape index (κ3) is 2.35. The SMILES string of the molecule is CC(=O)OC1(Br)C=CC=C(C)C1Cl. The van der Waals surface area contributed by atoms with Crippen LogP contribution in [-0.4, -0.2) is 15.9 Å². The van der Waals surface area contributed by atoms with E-state index in [0.29, 0.717) is 0 Å². The van der Waals surface area contributed by atoms with E-state index in [1.165, 1.54) is 6.92 Å². The van der Waals surface area contributed by atoms with Crippen molar-refractivity contribution in [1.29, 1.82) is 0 Å². The summed E-state index contributed by atoms with van der Waals surface area (Å²) < 4.78 is 4.19. The van der Waals surface area contributed by atoms with E-state index in [-0.39, 0.29) is 11.3 Å². The predicted molar refractivity (Wildman–Crippen MR) is 56.0 cm³/mol. The van der Waals surface area contributed by atoms with Gasteiger partial charge in [-0.15, -0.1) is 11.6 Å². The van der Waals surface area contributed by atoms with Gasteiger partial charge >= 0.3 is 5.97 Å². The lowest BCUT2D eigenvalue weighted by Crippen LogP contribution is -2.37. The number of ether oxygens (including phenoxy) is 1. The summed E-state index contributed by atoms with van der Waals surface area (Å²) in [6, 6.07) is 0. The van der Waals surface area contributed by atoms with Gasteiger partial charge in [0.05, 0.1) is 0 Å².